The summed E-state index contributed by atoms with van der Waals surface area (Å²) in [6, 6.07) is 3.84. The van der Waals surface area contributed by atoms with Crippen molar-refractivity contribution in [3.8, 4) is 0 Å². The zero-order chi connectivity index (χ0) is 25.3. The van der Waals surface area contributed by atoms with Gasteiger partial charge < -0.3 is 10.2 Å². The molecule has 1 aliphatic carbocycles. The SMILES string of the molecule is CC1(C)C(=O)N(c2ccc(C3(C(F)(F)F)CCC3)cc2F)C(=O)N1Cc1ccnc2c1CC(=O)N2. The van der Waals surface area contributed by atoms with Gasteiger partial charge in [-0.25, -0.2) is 19.1 Å². The predicted molar refractivity (Wildman–Crippen MR) is 117 cm³/mol. The van der Waals surface area contributed by atoms with E-state index < -0.39 is 40.6 Å². The van der Waals surface area contributed by atoms with Crippen LogP contribution in [-0.2, 0) is 28.0 Å². The third-order valence-electron chi connectivity index (χ3n) is 7.39. The molecule has 7 nitrogen and oxygen atoms in total. The summed E-state index contributed by atoms with van der Waals surface area (Å²) in [7, 11) is 0. The molecule has 5 rings (SSSR count). The molecule has 0 unspecified atom stereocenters. The van der Waals surface area contributed by atoms with Gasteiger partial charge in [0.15, 0.2) is 0 Å². The highest BCUT2D eigenvalue weighted by molar-refractivity contribution is 6.23. The molecule has 1 N–H and O–H groups in total. The lowest BCUT2D eigenvalue weighted by Gasteiger charge is -2.43. The van der Waals surface area contributed by atoms with Crippen molar-refractivity contribution in [2.75, 3.05) is 10.2 Å². The largest absolute Gasteiger partial charge is 0.398 e. The summed E-state index contributed by atoms with van der Waals surface area (Å²) in [5, 5.41) is 2.62. The molecule has 0 spiro atoms. The molecule has 35 heavy (non-hydrogen) atoms. The van der Waals surface area contributed by atoms with Gasteiger partial charge in [0.2, 0.25) is 5.91 Å². The van der Waals surface area contributed by atoms with Crippen molar-refractivity contribution in [2.45, 2.75) is 63.2 Å². The number of aromatic nitrogens is 1. The van der Waals surface area contributed by atoms with Gasteiger partial charge in [-0.05, 0) is 56.0 Å². The van der Waals surface area contributed by atoms with Crippen molar-refractivity contribution < 1.29 is 31.9 Å². The van der Waals surface area contributed by atoms with Gasteiger partial charge in [0.1, 0.15) is 17.2 Å². The molecular weight excluding hydrogens is 468 g/mol. The number of hydrogen-bond donors (Lipinski definition) is 1. The average Bonchev–Trinajstić information content (AvgIpc) is 3.18. The Balaban J connectivity index is 1.48. The van der Waals surface area contributed by atoms with E-state index in [2.05, 4.69) is 10.3 Å². The molecule has 3 aliphatic rings. The summed E-state index contributed by atoms with van der Waals surface area (Å²) in [5.74, 6) is -1.63. The summed E-state index contributed by atoms with van der Waals surface area (Å²) in [5.41, 5.74) is -2.86. The van der Waals surface area contributed by atoms with Gasteiger partial charge in [0, 0.05) is 18.3 Å². The van der Waals surface area contributed by atoms with Gasteiger partial charge in [-0.3, -0.25) is 9.59 Å². The number of carbonyl (C=O) groups is 3. The van der Waals surface area contributed by atoms with E-state index in [9.17, 15) is 27.6 Å². The molecule has 1 aromatic carbocycles. The van der Waals surface area contributed by atoms with Crippen LogP contribution in [0.1, 0.15) is 49.8 Å². The van der Waals surface area contributed by atoms with E-state index in [0.29, 0.717) is 28.3 Å². The molecule has 0 atom stereocenters. The van der Waals surface area contributed by atoms with E-state index in [-0.39, 0.29) is 37.3 Å². The Morgan fingerprint density at radius 1 is 1.11 bits per heavy atom. The first-order valence-corrected chi connectivity index (χ1v) is 11.2. The van der Waals surface area contributed by atoms with Crippen LogP contribution in [0.2, 0.25) is 0 Å². The standard InChI is InChI=1S/C24H22F4N4O3/c1-22(2)20(34)32(17-5-4-14(10-16(17)25)23(7-3-8-23)24(26,27)28)21(35)31(22)12-13-6-9-29-19-15(13)11-18(33)30-19/h4-6,9-10H,3,7-8,11-12H2,1-2H3,(H,29,30,33). The van der Waals surface area contributed by atoms with Gasteiger partial charge in [-0.15, -0.1) is 0 Å². The fourth-order valence-electron chi connectivity index (χ4n) is 5.06. The first-order valence-electron chi connectivity index (χ1n) is 11.2. The van der Waals surface area contributed by atoms with Gasteiger partial charge in [0.05, 0.1) is 17.5 Å². The van der Waals surface area contributed by atoms with E-state index in [1.54, 1.807) is 6.07 Å². The minimum absolute atomic E-state index is 0.0369. The van der Waals surface area contributed by atoms with Crippen LogP contribution in [0.4, 0.5) is 33.9 Å². The van der Waals surface area contributed by atoms with E-state index in [4.69, 9.17) is 0 Å². The molecule has 184 valence electrons. The number of benzene rings is 1. The number of fused-ring (bicyclic) bond motifs is 1. The number of urea groups is 1. The number of hydrogen-bond acceptors (Lipinski definition) is 4. The molecule has 1 saturated carbocycles. The monoisotopic (exact) mass is 490 g/mol. The summed E-state index contributed by atoms with van der Waals surface area (Å²) < 4.78 is 56.3. The molecular formula is C24H22F4N4O3. The molecule has 2 aromatic rings. The highest BCUT2D eigenvalue weighted by Crippen LogP contribution is 2.55. The molecule has 2 fully saturated rings. The average molecular weight is 490 g/mol. The Labute approximate surface area is 198 Å². The fourth-order valence-corrected chi connectivity index (χ4v) is 5.06. The maximum absolute atomic E-state index is 15.2. The van der Waals surface area contributed by atoms with Crippen LogP contribution in [0.15, 0.2) is 30.5 Å². The molecule has 1 saturated heterocycles. The minimum atomic E-state index is -4.53. The van der Waals surface area contributed by atoms with E-state index in [1.165, 1.54) is 24.9 Å². The number of pyridine rings is 1. The summed E-state index contributed by atoms with van der Waals surface area (Å²) >= 11 is 0. The van der Waals surface area contributed by atoms with Gasteiger partial charge >= 0.3 is 12.2 Å². The maximum atomic E-state index is 15.2. The highest BCUT2D eigenvalue weighted by Gasteiger charge is 2.59. The minimum Gasteiger partial charge on any atom is -0.310 e. The number of imide groups is 1. The third-order valence-corrected chi connectivity index (χ3v) is 7.39. The lowest BCUT2D eigenvalue weighted by atomic mass is 9.64. The zero-order valence-electron chi connectivity index (χ0n) is 19.0. The molecule has 11 heteroatoms. The topological polar surface area (TPSA) is 82.6 Å². The first-order chi connectivity index (χ1) is 16.4. The number of rotatable bonds is 4. The Kier molecular flexibility index (Phi) is 4.98. The Morgan fingerprint density at radius 3 is 2.43 bits per heavy atom. The molecule has 4 amide bonds. The Hall–Kier alpha value is -3.50. The molecule has 0 radical (unpaired) electrons. The molecule has 2 aliphatic heterocycles. The third kappa shape index (κ3) is 3.31. The van der Waals surface area contributed by atoms with Crippen LogP contribution >= 0.6 is 0 Å². The van der Waals surface area contributed by atoms with Crippen LogP contribution in [0, 0.1) is 5.82 Å². The summed E-state index contributed by atoms with van der Waals surface area (Å²) in [6.45, 7) is 2.99. The quantitative estimate of drug-likeness (QED) is 0.507. The van der Waals surface area contributed by atoms with Crippen LogP contribution in [0.25, 0.3) is 0 Å². The normalized spacial score (nSPS) is 20.7. The second-order valence-corrected chi connectivity index (χ2v) is 9.69. The van der Waals surface area contributed by atoms with Gasteiger partial charge in [-0.2, -0.15) is 13.2 Å². The van der Waals surface area contributed by atoms with E-state index in [0.717, 1.165) is 18.2 Å². The fraction of sp³-hybridized carbons (Fsp3) is 0.417. The van der Waals surface area contributed by atoms with Crippen molar-refractivity contribution in [1.82, 2.24) is 9.88 Å². The molecule has 0 bridgehead atoms. The number of nitrogens with one attached hydrogen (secondary N) is 1. The van der Waals surface area contributed by atoms with Crippen molar-refractivity contribution in [3.05, 3.63) is 53.0 Å². The van der Waals surface area contributed by atoms with E-state index >= 15 is 4.39 Å². The van der Waals surface area contributed by atoms with Crippen molar-refractivity contribution in [2.24, 2.45) is 0 Å². The van der Waals surface area contributed by atoms with E-state index in [1.807, 2.05) is 0 Å². The maximum Gasteiger partial charge on any atom is 0.398 e. The van der Waals surface area contributed by atoms with Crippen LogP contribution in [0.5, 0.6) is 0 Å². The smallest absolute Gasteiger partial charge is 0.310 e. The van der Waals surface area contributed by atoms with Crippen LogP contribution in [0.3, 0.4) is 0 Å². The van der Waals surface area contributed by atoms with Crippen LogP contribution < -0.4 is 10.2 Å². The molecule has 1 aromatic heterocycles. The summed E-state index contributed by atoms with van der Waals surface area (Å²) in [6.07, 6.45) is -2.86. The van der Waals surface area contributed by atoms with Gasteiger partial charge in [0.25, 0.3) is 5.91 Å². The number of alkyl halides is 3. The Bertz CT molecular complexity index is 1270. The van der Waals surface area contributed by atoms with Gasteiger partial charge in [-0.1, -0.05) is 12.5 Å². The number of amides is 4. The second kappa shape index (κ2) is 7.50. The number of anilines is 2. The highest BCUT2D eigenvalue weighted by atomic mass is 19.4. The number of carbonyl (C=O) groups excluding carboxylic acids is 3. The Morgan fingerprint density at radius 2 is 1.83 bits per heavy atom. The summed E-state index contributed by atoms with van der Waals surface area (Å²) in [4.78, 5) is 44.4. The first kappa shape index (κ1) is 23.3. The predicted octanol–water partition coefficient (Wildman–Crippen LogP) is 4.45. The lowest BCUT2D eigenvalue weighted by Crippen LogP contribution is -2.48. The van der Waals surface area contributed by atoms with Crippen LogP contribution in [-0.4, -0.2) is 39.4 Å². The van der Waals surface area contributed by atoms with Crippen molar-refractivity contribution in [3.63, 3.8) is 0 Å². The zero-order valence-corrected chi connectivity index (χ0v) is 19.0. The van der Waals surface area contributed by atoms with Crippen molar-refractivity contribution >= 4 is 29.4 Å². The number of halogens is 4. The lowest BCUT2D eigenvalue weighted by molar-refractivity contribution is -0.212. The molecule has 3 heterocycles. The second-order valence-electron chi connectivity index (χ2n) is 9.69. The van der Waals surface area contributed by atoms with Crippen molar-refractivity contribution in [1.29, 1.82) is 0 Å². The number of nitrogens with zero attached hydrogens (tertiary/aromatic N) is 3.